The third-order valence-electron chi connectivity index (χ3n) is 2.39. The lowest BCUT2D eigenvalue weighted by atomic mass is 10.0. The average molecular weight is 301 g/mol. The van der Waals surface area contributed by atoms with E-state index in [0.717, 1.165) is 0 Å². The van der Waals surface area contributed by atoms with Crippen LogP contribution in [-0.2, 0) is 16.0 Å². The highest BCUT2D eigenvalue weighted by molar-refractivity contribution is 6.30. The maximum Gasteiger partial charge on any atom is 0.323 e. The molecule has 0 saturated carbocycles. The topological polar surface area (TPSA) is 95.5 Å². The van der Waals surface area contributed by atoms with E-state index in [0.29, 0.717) is 10.6 Å². The second kappa shape index (κ2) is 6.19. The Hall–Kier alpha value is -1.66. The van der Waals surface area contributed by atoms with E-state index in [2.05, 4.69) is 0 Å². The fraction of sp³-hybridized carbons (Fsp3) is 0.462. The number of nitrogens with two attached hydrogens (primary N) is 1. The predicted molar refractivity (Wildman–Crippen MR) is 75.6 cm³/mol. The van der Waals surface area contributed by atoms with Crippen molar-refractivity contribution in [1.82, 2.24) is 0 Å². The van der Waals surface area contributed by atoms with Crippen LogP contribution in [0, 0.1) is 10.1 Å². The molecule has 0 saturated heterocycles. The van der Waals surface area contributed by atoms with Gasteiger partial charge in [-0.2, -0.15) is 0 Å². The van der Waals surface area contributed by atoms with E-state index < -0.39 is 22.5 Å². The number of ether oxygens (including phenoxy) is 1. The molecule has 0 heterocycles. The molecule has 1 aromatic rings. The molecule has 0 aliphatic carbocycles. The number of halogens is 1. The molecular weight excluding hydrogens is 284 g/mol. The number of hydrogen-bond acceptors (Lipinski definition) is 5. The number of carbonyl (C=O) groups excluding carboxylic acids is 1. The Morgan fingerprint density at radius 1 is 1.50 bits per heavy atom. The van der Waals surface area contributed by atoms with Gasteiger partial charge < -0.3 is 10.5 Å². The van der Waals surface area contributed by atoms with Gasteiger partial charge in [0.2, 0.25) is 0 Å². The summed E-state index contributed by atoms with van der Waals surface area (Å²) in [5, 5.41) is 11.3. The SMILES string of the molecule is CC(C)(C)OC(=O)C(N)Cc1cc(Cl)ccc1[N+](=O)[O-]. The number of nitrogens with zero attached hydrogens (tertiary/aromatic N) is 1. The monoisotopic (exact) mass is 300 g/mol. The van der Waals surface area contributed by atoms with E-state index >= 15 is 0 Å². The van der Waals surface area contributed by atoms with Crippen LogP contribution in [0.1, 0.15) is 26.3 Å². The fourth-order valence-electron chi connectivity index (χ4n) is 1.59. The summed E-state index contributed by atoms with van der Waals surface area (Å²) in [5.74, 6) is -0.605. The number of nitro groups is 1. The van der Waals surface area contributed by atoms with Gasteiger partial charge in [-0.25, -0.2) is 0 Å². The normalized spacial score (nSPS) is 12.8. The molecule has 1 atom stereocenters. The minimum Gasteiger partial charge on any atom is -0.459 e. The van der Waals surface area contributed by atoms with Gasteiger partial charge in [-0.1, -0.05) is 11.6 Å². The first-order valence-corrected chi connectivity index (χ1v) is 6.39. The van der Waals surface area contributed by atoms with Crippen LogP contribution in [0.3, 0.4) is 0 Å². The lowest BCUT2D eigenvalue weighted by Crippen LogP contribution is -2.38. The summed E-state index contributed by atoms with van der Waals surface area (Å²) in [6, 6.07) is 3.16. The Morgan fingerprint density at radius 3 is 2.60 bits per heavy atom. The van der Waals surface area contributed by atoms with Crippen molar-refractivity contribution in [3.05, 3.63) is 38.9 Å². The van der Waals surface area contributed by atoms with Crippen molar-refractivity contribution in [3.63, 3.8) is 0 Å². The Balaban J connectivity index is 2.90. The summed E-state index contributed by atoms with van der Waals surface area (Å²) in [6.07, 6.45) is -0.00815. The Kier molecular flexibility index (Phi) is 5.08. The van der Waals surface area contributed by atoms with E-state index in [4.69, 9.17) is 22.1 Å². The van der Waals surface area contributed by atoms with E-state index in [-0.39, 0.29) is 12.1 Å². The lowest BCUT2D eigenvalue weighted by Gasteiger charge is -2.22. The Labute approximate surface area is 122 Å². The van der Waals surface area contributed by atoms with E-state index in [1.165, 1.54) is 18.2 Å². The highest BCUT2D eigenvalue weighted by Crippen LogP contribution is 2.24. The first-order valence-electron chi connectivity index (χ1n) is 6.01. The number of esters is 1. The summed E-state index contributed by atoms with van der Waals surface area (Å²) in [6.45, 7) is 5.17. The molecule has 110 valence electrons. The third kappa shape index (κ3) is 4.79. The molecule has 0 aliphatic rings. The quantitative estimate of drug-likeness (QED) is 0.523. The number of carbonyl (C=O) groups is 1. The zero-order valence-electron chi connectivity index (χ0n) is 11.6. The number of rotatable bonds is 4. The molecule has 2 N–H and O–H groups in total. The van der Waals surface area contributed by atoms with Crippen LogP contribution in [0.4, 0.5) is 5.69 Å². The standard InChI is InChI=1S/C13H17ClN2O4/c1-13(2,3)20-12(17)10(15)7-8-6-9(14)4-5-11(8)16(18)19/h4-6,10H,7,15H2,1-3H3. The summed E-state index contributed by atoms with van der Waals surface area (Å²) < 4.78 is 5.14. The Morgan fingerprint density at radius 2 is 2.10 bits per heavy atom. The van der Waals surface area contributed by atoms with Crippen LogP contribution in [0.2, 0.25) is 5.02 Å². The number of nitro benzene ring substituents is 1. The molecule has 7 heteroatoms. The smallest absolute Gasteiger partial charge is 0.323 e. The van der Waals surface area contributed by atoms with Gasteiger partial charge in [0.15, 0.2) is 0 Å². The molecule has 0 aliphatic heterocycles. The Bertz CT molecular complexity index is 526. The summed E-state index contributed by atoms with van der Waals surface area (Å²) in [7, 11) is 0. The summed E-state index contributed by atoms with van der Waals surface area (Å²) in [4.78, 5) is 22.2. The molecule has 0 spiro atoms. The van der Waals surface area contributed by atoms with Gasteiger partial charge in [-0.05, 0) is 32.9 Å². The number of hydrogen-bond donors (Lipinski definition) is 1. The molecule has 0 aromatic heterocycles. The van der Waals surface area contributed by atoms with Crippen molar-refractivity contribution in [2.45, 2.75) is 38.8 Å². The van der Waals surface area contributed by atoms with Crippen molar-refractivity contribution >= 4 is 23.3 Å². The van der Waals surface area contributed by atoms with Crippen molar-refractivity contribution in [2.24, 2.45) is 5.73 Å². The maximum absolute atomic E-state index is 11.8. The molecule has 0 bridgehead atoms. The highest BCUT2D eigenvalue weighted by atomic mass is 35.5. The van der Waals surface area contributed by atoms with Crippen LogP contribution < -0.4 is 5.73 Å². The molecular formula is C13H17ClN2O4. The third-order valence-corrected chi connectivity index (χ3v) is 2.62. The zero-order valence-corrected chi connectivity index (χ0v) is 12.3. The van der Waals surface area contributed by atoms with E-state index in [1.807, 2.05) is 0 Å². The molecule has 0 radical (unpaired) electrons. The van der Waals surface area contributed by atoms with Gasteiger partial charge in [0.05, 0.1) is 4.92 Å². The zero-order chi connectivity index (χ0) is 15.5. The largest absolute Gasteiger partial charge is 0.459 e. The highest BCUT2D eigenvalue weighted by Gasteiger charge is 2.25. The van der Waals surface area contributed by atoms with E-state index in [1.54, 1.807) is 20.8 Å². The molecule has 20 heavy (non-hydrogen) atoms. The molecule has 6 nitrogen and oxygen atoms in total. The molecule has 1 unspecified atom stereocenters. The fourth-order valence-corrected chi connectivity index (χ4v) is 1.79. The first-order chi connectivity index (χ1) is 9.10. The van der Waals surface area contributed by atoms with Crippen LogP contribution in [0.5, 0.6) is 0 Å². The second-order valence-electron chi connectivity index (χ2n) is 5.37. The van der Waals surface area contributed by atoms with Crippen molar-refractivity contribution in [1.29, 1.82) is 0 Å². The molecule has 0 amide bonds. The van der Waals surface area contributed by atoms with Gasteiger partial charge >= 0.3 is 5.97 Å². The van der Waals surface area contributed by atoms with Crippen LogP contribution in [0.25, 0.3) is 0 Å². The summed E-state index contributed by atoms with van der Waals surface area (Å²) in [5.41, 5.74) is 5.27. The minimum absolute atomic E-state index is 0.00815. The van der Waals surface area contributed by atoms with Crippen molar-refractivity contribution < 1.29 is 14.5 Å². The van der Waals surface area contributed by atoms with Gasteiger partial charge in [0.25, 0.3) is 5.69 Å². The van der Waals surface area contributed by atoms with Crippen LogP contribution in [0.15, 0.2) is 18.2 Å². The van der Waals surface area contributed by atoms with Gasteiger partial charge in [0.1, 0.15) is 11.6 Å². The minimum atomic E-state index is -0.980. The molecule has 1 aromatic carbocycles. The average Bonchev–Trinajstić information content (AvgIpc) is 2.26. The second-order valence-corrected chi connectivity index (χ2v) is 5.81. The van der Waals surface area contributed by atoms with Gasteiger partial charge in [-0.15, -0.1) is 0 Å². The van der Waals surface area contributed by atoms with Gasteiger partial charge in [-0.3, -0.25) is 14.9 Å². The van der Waals surface area contributed by atoms with Crippen LogP contribution in [-0.4, -0.2) is 22.5 Å². The van der Waals surface area contributed by atoms with Gasteiger partial charge in [0, 0.05) is 23.1 Å². The molecule has 1 rings (SSSR count). The molecule has 0 fully saturated rings. The summed E-state index contributed by atoms with van der Waals surface area (Å²) >= 11 is 5.81. The predicted octanol–water partition coefficient (Wildman–Crippen LogP) is 2.46. The van der Waals surface area contributed by atoms with E-state index in [9.17, 15) is 14.9 Å². The maximum atomic E-state index is 11.8. The first kappa shape index (κ1) is 16.4. The van der Waals surface area contributed by atoms with Crippen LogP contribution >= 0.6 is 11.6 Å². The van der Waals surface area contributed by atoms with Crippen molar-refractivity contribution in [2.75, 3.05) is 0 Å². The lowest BCUT2D eigenvalue weighted by molar-refractivity contribution is -0.385. The van der Waals surface area contributed by atoms with Crippen molar-refractivity contribution in [3.8, 4) is 0 Å². The number of benzene rings is 1.